The molecule has 1 saturated carbocycles. The van der Waals surface area contributed by atoms with Crippen molar-refractivity contribution in [3.8, 4) is 0 Å². The largest absolute Gasteiger partial charge is 1.00 e. The minimum Gasteiger partial charge on any atom is -1.00 e. The van der Waals surface area contributed by atoms with Crippen molar-refractivity contribution in [1.82, 2.24) is 0 Å². The SMILES string of the molecule is CC1(O)CCC1.[H-].[Na+]. The molecule has 0 aromatic carbocycles. The van der Waals surface area contributed by atoms with Gasteiger partial charge in [0.25, 0.3) is 0 Å². The van der Waals surface area contributed by atoms with Crippen LogP contribution in [-0.4, -0.2) is 10.7 Å². The molecule has 1 aliphatic rings. The Labute approximate surface area is 67.9 Å². The number of rotatable bonds is 0. The molecule has 1 aliphatic carbocycles. The molecule has 1 N–H and O–H groups in total. The average Bonchev–Trinajstić information content (AvgIpc) is 1.32. The molecule has 0 saturated heterocycles. The van der Waals surface area contributed by atoms with Crippen molar-refractivity contribution in [2.45, 2.75) is 31.8 Å². The zero-order chi connectivity index (χ0) is 4.62. The van der Waals surface area contributed by atoms with Gasteiger partial charge in [-0.3, -0.25) is 0 Å². The topological polar surface area (TPSA) is 20.2 Å². The van der Waals surface area contributed by atoms with Crippen molar-refractivity contribution in [1.29, 1.82) is 0 Å². The number of aliphatic hydroxyl groups is 1. The summed E-state index contributed by atoms with van der Waals surface area (Å²) in [5, 5.41) is 8.91. The van der Waals surface area contributed by atoms with Crippen molar-refractivity contribution in [2.75, 3.05) is 0 Å². The van der Waals surface area contributed by atoms with Crippen LogP contribution >= 0.6 is 0 Å². The smallest absolute Gasteiger partial charge is 1.00 e. The molecule has 0 aliphatic heterocycles. The van der Waals surface area contributed by atoms with Crippen molar-refractivity contribution >= 4 is 0 Å². The Morgan fingerprint density at radius 3 is 1.86 bits per heavy atom. The molecule has 38 valence electrons. The van der Waals surface area contributed by atoms with Gasteiger partial charge in [-0.25, -0.2) is 0 Å². The van der Waals surface area contributed by atoms with Crippen molar-refractivity contribution in [3.63, 3.8) is 0 Å². The van der Waals surface area contributed by atoms with E-state index < -0.39 is 0 Å². The Hall–Kier alpha value is 0.960. The van der Waals surface area contributed by atoms with Gasteiger partial charge in [-0.15, -0.1) is 0 Å². The molecule has 0 heterocycles. The molecule has 0 aromatic rings. The van der Waals surface area contributed by atoms with Crippen LogP contribution in [0, 0.1) is 0 Å². The van der Waals surface area contributed by atoms with Gasteiger partial charge in [-0.2, -0.15) is 0 Å². The normalized spacial score (nSPS) is 24.9. The third-order valence-electron chi connectivity index (χ3n) is 1.43. The van der Waals surface area contributed by atoms with E-state index >= 15 is 0 Å². The minimum atomic E-state index is -0.278. The van der Waals surface area contributed by atoms with Crippen LogP contribution in [0.5, 0.6) is 0 Å². The second-order valence-corrected chi connectivity index (χ2v) is 2.35. The Kier molecular flexibility index (Phi) is 2.83. The van der Waals surface area contributed by atoms with Gasteiger partial charge in [0.05, 0.1) is 5.60 Å². The van der Waals surface area contributed by atoms with Crippen LogP contribution in [0.25, 0.3) is 0 Å². The van der Waals surface area contributed by atoms with E-state index in [1.165, 1.54) is 6.42 Å². The summed E-state index contributed by atoms with van der Waals surface area (Å²) >= 11 is 0. The summed E-state index contributed by atoms with van der Waals surface area (Å²) in [6.45, 7) is 1.89. The first-order chi connectivity index (χ1) is 2.71. The molecule has 0 aromatic heterocycles. The maximum absolute atomic E-state index is 8.91. The second kappa shape index (κ2) is 2.49. The van der Waals surface area contributed by atoms with Crippen molar-refractivity contribution < 1.29 is 36.1 Å². The Bertz CT molecular complexity index is 59.4. The molecule has 7 heavy (non-hydrogen) atoms. The van der Waals surface area contributed by atoms with E-state index in [-0.39, 0.29) is 36.6 Å². The van der Waals surface area contributed by atoms with Gasteiger partial charge in [-0.05, 0) is 26.2 Å². The van der Waals surface area contributed by atoms with Gasteiger partial charge in [0.2, 0.25) is 0 Å². The van der Waals surface area contributed by atoms with E-state index in [2.05, 4.69) is 0 Å². The quantitative estimate of drug-likeness (QED) is 0.359. The summed E-state index contributed by atoms with van der Waals surface area (Å²) < 4.78 is 0. The van der Waals surface area contributed by atoms with Gasteiger partial charge in [0, 0.05) is 0 Å². The maximum atomic E-state index is 8.91. The number of hydrogen-bond acceptors (Lipinski definition) is 1. The third kappa shape index (κ3) is 2.13. The summed E-state index contributed by atoms with van der Waals surface area (Å²) in [5.74, 6) is 0. The molecule has 1 fully saturated rings. The first-order valence-corrected chi connectivity index (χ1v) is 2.43. The van der Waals surface area contributed by atoms with E-state index in [0.717, 1.165) is 12.8 Å². The molecule has 1 nitrogen and oxygen atoms in total. The third-order valence-corrected chi connectivity index (χ3v) is 1.43. The van der Waals surface area contributed by atoms with Crippen LogP contribution in [-0.2, 0) is 0 Å². The predicted octanol–water partition coefficient (Wildman–Crippen LogP) is -1.96. The molecule has 0 spiro atoms. The second-order valence-electron chi connectivity index (χ2n) is 2.35. The van der Waals surface area contributed by atoms with E-state index in [1.54, 1.807) is 0 Å². The van der Waals surface area contributed by atoms with Crippen LogP contribution in [0.3, 0.4) is 0 Å². The maximum Gasteiger partial charge on any atom is 1.00 e. The Morgan fingerprint density at radius 2 is 1.86 bits per heavy atom. The van der Waals surface area contributed by atoms with Gasteiger partial charge in [0.15, 0.2) is 0 Å². The molecule has 1 rings (SSSR count). The van der Waals surface area contributed by atoms with Crippen molar-refractivity contribution in [3.05, 3.63) is 0 Å². The molecule has 0 bridgehead atoms. The fraction of sp³-hybridized carbons (Fsp3) is 1.00. The monoisotopic (exact) mass is 110 g/mol. The summed E-state index contributed by atoms with van der Waals surface area (Å²) in [4.78, 5) is 0. The minimum absolute atomic E-state index is 0. The van der Waals surface area contributed by atoms with Gasteiger partial charge < -0.3 is 6.53 Å². The molecule has 2 heteroatoms. The van der Waals surface area contributed by atoms with Crippen LogP contribution in [0.4, 0.5) is 0 Å². The average molecular weight is 110 g/mol. The fourth-order valence-corrected chi connectivity index (χ4v) is 0.688. The molecular weight excluding hydrogens is 99.0 g/mol. The first-order valence-electron chi connectivity index (χ1n) is 2.43. The molecule has 0 radical (unpaired) electrons. The summed E-state index contributed by atoms with van der Waals surface area (Å²) in [7, 11) is 0. The molecular formula is C5H11NaO. The van der Waals surface area contributed by atoms with Crippen LogP contribution in [0.2, 0.25) is 0 Å². The molecule has 0 atom stereocenters. The van der Waals surface area contributed by atoms with E-state index in [1.807, 2.05) is 6.92 Å². The van der Waals surface area contributed by atoms with Gasteiger partial charge in [-0.1, -0.05) is 0 Å². The Balaban J connectivity index is 0. The van der Waals surface area contributed by atoms with E-state index in [0.29, 0.717) is 0 Å². The standard InChI is InChI=1S/C5H10O.Na.H/c1-5(6)3-2-4-5;;/h6H,2-4H2,1H3;;/q;+1;-1. The first kappa shape index (κ1) is 7.96. The van der Waals surface area contributed by atoms with E-state index in [9.17, 15) is 0 Å². The molecule has 0 unspecified atom stereocenters. The summed E-state index contributed by atoms with van der Waals surface area (Å²) in [5.41, 5.74) is -0.278. The van der Waals surface area contributed by atoms with Gasteiger partial charge in [0.1, 0.15) is 0 Å². The summed E-state index contributed by atoms with van der Waals surface area (Å²) in [6, 6.07) is 0. The van der Waals surface area contributed by atoms with Crippen LogP contribution in [0.15, 0.2) is 0 Å². The van der Waals surface area contributed by atoms with Gasteiger partial charge >= 0.3 is 29.6 Å². The van der Waals surface area contributed by atoms with E-state index in [4.69, 9.17) is 5.11 Å². The molecule has 0 amide bonds. The zero-order valence-electron chi connectivity index (χ0n) is 6.07. The predicted molar refractivity (Wildman–Crippen MR) is 25.6 cm³/mol. The van der Waals surface area contributed by atoms with Crippen LogP contribution < -0.4 is 29.6 Å². The van der Waals surface area contributed by atoms with Crippen LogP contribution in [0.1, 0.15) is 27.6 Å². The zero-order valence-corrected chi connectivity index (χ0v) is 7.07. The Morgan fingerprint density at radius 1 is 1.57 bits per heavy atom. The van der Waals surface area contributed by atoms with Crippen molar-refractivity contribution in [2.24, 2.45) is 0 Å². The fourth-order valence-electron chi connectivity index (χ4n) is 0.688. The number of hydrogen-bond donors (Lipinski definition) is 1. The summed E-state index contributed by atoms with van der Waals surface area (Å²) in [6.07, 6.45) is 3.23.